The molecule has 0 radical (unpaired) electrons. The summed E-state index contributed by atoms with van der Waals surface area (Å²) in [5.74, 6) is -1.09. The number of carboxylic acids is 1. The van der Waals surface area contributed by atoms with Crippen molar-refractivity contribution in [3.05, 3.63) is 29.2 Å². The third-order valence-corrected chi connectivity index (χ3v) is 5.39. The molecule has 1 aromatic carbocycles. The maximum Gasteiger partial charge on any atom is 0.339 e. The summed E-state index contributed by atoms with van der Waals surface area (Å²) in [5.41, 5.74) is 0.349. The number of anilines is 1. The van der Waals surface area contributed by atoms with Crippen LogP contribution in [0.1, 0.15) is 21.8 Å². The Hall–Kier alpha value is -2.75. The molecular formula is C15H18N2O7S. The van der Waals surface area contributed by atoms with Crippen LogP contribution in [0.3, 0.4) is 0 Å². The Morgan fingerprint density at radius 2 is 1.88 bits per heavy atom. The van der Waals surface area contributed by atoms with E-state index < -0.39 is 16.0 Å². The van der Waals surface area contributed by atoms with E-state index in [0.717, 1.165) is 10.4 Å². The standard InChI is InChI=1S/C15H18N2O7S/c1-8-13(9(2)24-16-8)17(3)25(20,21)10-6-11(15(18)19)14(23-5)12(7-10)22-4/h6-7H,1-5H3,(H,18,19). The molecule has 1 N–H and O–H groups in total. The molecule has 0 aliphatic carbocycles. The van der Waals surface area contributed by atoms with E-state index in [9.17, 15) is 18.3 Å². The maximum atomic E-state index is 12.9. The lowest BCUT2D eigenvalue weighted by atomic mass is 10.2. The number of hydrogen-bond donors (Lipinski definition) is 1. The van der Waals surface area contributed by atoms with Crippen LogP contribution in [0.2, 0.25) is 0 Å². The van der Waals surface area contributed by atoms with Gasteiger partial charge in [-0.15, -0.1) is 0 Å². The second-order valence-electron chi connectivity index (χ2n) is 5.16. The number of benzene rings is 1. The Balaban J connectivity index is 2.67. The van der Waals surface area contributed by atoms with Crippen LogP contribution in [0.4, 0.5) is 5.69 Å². The average Bonchev–Trinajstić information content (AvgIpc) is 2.90. The van der Waals surface area contributed by atoms with E-state index in [0.29, 0.717) is 11.5 Å². The summed E-state index contributed by atoms with van der Waals surface area (Å²) in [4.78, 5) is 11.2. The molecule has 0 aliphatic rings. The summed E-state index contributed by atoms with van der Waals surface area (Å²) < 4.78 is 42.0. The number of nitrogens with zero attached hydrogens (tertiary/aromatic N) is 2. The van der Waals surface area contributed by atoms with Crippen molar-refractivity contribution in [2.75, 3.05) is 25.6 Å². The van der Waals surface area contributed by atoms with Gasteiger partial charge in [0.25, 0.3) is 10.0 Å². The van der Waals surface area contributed by atoms with E-state index in [1.165, 1.54) is 27.3 Å². The predicted octanol–water partition coefficient (Wildman–Crippen LogP) is 1.83. The summed E-state index contributed by atoms with van der Waals surface area (Å²) in [6.07, 6.45) is 0. The van der Waals surface area contributed by atoms with Crippen LogP contribution in [-0.4, -0.2) is 45.9 Å². The summed E-state index contributed by atoms with van der Waals surface area (Å²) in [6, 6.07) is 2.23. The van der Waals surface area contributed by atoms with Crippen LogP contribution < -0.4 is 13.8 Å². The van der Waals surface area contributed by atoms with Gasteiger partial charge in [0, 0.05) is 13.1 Å². The van der Waals surface area contributed by atoms with Gasteiger partial charge in [-0.25, -0.2) is 13.2 Å². The summed E-state index contributed by atoms with van der Waals surface area (Å²) in [7, 11) is -0.192. The Bertz CT molecular complexity index is 899. The second-order valence-corrected chi connectivity index (χ2v) is 7.13. The summed E-state index contributed by atoms with van der Waals surface area (Å²) in [6.45, 7) is 3.19. The van der Waals surface area contributed by atoms with Gasteiger partial charge in [0.05, 0.1) is 19.1 Å². The van der Waals surface area contributed by atoms with Gasteiger partial charge >= 0.3 is 5.97 Å². The molecule has 0 fully saturated rings. The number of sulfonamides is 1. The van der Waals surface area contributed by atoms with Gasteiger partial charge < -0.3 is 19.1 Å². The molecule has 1 aromatic heterocycles. The lowest BCUT2D eigenvalue weighted by Crippen LogP contribution is -2.27. The molecule has 0 bridgehead atoms. The lowest BCUT2D eigenvalue weighted by Gasteiger charge is -2.20. The van der Waals surface area contributed by atoms with Crippen molar-refractivity contribution in [3.8, 4) is 11.5 Å². The first-order valence-electron chi connectivity index (χ1n) is 7.06. The van der Waals surface area contributed by atoms with E-state index in [-0.39, 0.29) is 27.6 Å². The molecule has 0 saturated carbocycles. The Morgan fingerprint density at radius 1 is 1.24 bits per heavy atom. The SMILES string of the molecule is COc1cc(S(=O)(=O)N(C)c2c(C)noc2C)cc(C(=O)O)c1OC. The van der Waals surface area contributed by atoms with Gasteiger partial charge in [0.15, 0.2) is 17.3 Å². The molecule has 0 atom stereocenters. The van der Waals surface area contributed by atoms with Crippen LogP contribution in [0.25, 0.3) is 0 Å². The molecule has 136 valence electrons. The van der Waals surface area contributed by atoms with Gasteiger partial charge in [-0.1, -0.05) is 5.16 Å². The number of methoxy groups -OCH3 is 2. The highest BCUT2D eigenvalue weighted by molar-refractivity contribution is 7.92. The molecule has 25 heavy (non-hydrogen) atoms. The van der Waals surface area contributed by atoms with Crippen LogP contribution in [-0.2, 0) is 10.0 Å². The van der Waals surface area contributed by atoms with Gasteiger partial charge in [-0.3, -0.25) is 4.31 Å². The van der Waals surface area contributed by atoms with Crippen molar-refractivity contribution in [1.82, 2.24) is 5.16 Å². The minimum atomic E-state index is -4.09. The first-order chi connectivity index (χ1) is 11.6. The zero-order chi connectivity index (χ0) is 18.9. The fourth-order valence-corrected chi connectivity index (χ4v) is 3.79. The van der Waals surface area contributed by atoms with E-state index in [1.807, 2.05) is 0 Å². The average molecular weight is 370 g/mol. The minimum absolute atomic E-state index is 0.00635. The Kier molecular flexibility index (Phi) is 4.93. The largest absolute Gasteiger partial charge is 0.493 e. The molecule has 2 aromatic rings. The topological polar surface area (TPSA) is 119 Å². The van der Waals surface area contributed by atoms with E-state index in [1.54, 1.807) is 13.8 Å². The van der Waals surface area contributed by atoms with Gasteiger partial charge in [0.1, 0.15) is 16.9 Å². The number of carbonyl (C=O) groups is 1. The van der Waals surface area contributed by atoms with Gasteiger partial charge in [0.2, 0.25) is 0 Å². The fourth-order valence-electron chi connectivity index (χ4n) is 2.45. The number of aryl methyl sites for hydroxylation is 2. The number of aromatic nitrogens is 1. The molecule has 2 rings (SSSR count). The highest BCUT2D eigenvalue weighted by atomic mass is 32.2. The molecule has 0 spiro atoms. The first kappa shape index (κ1) is 18.6. The van der Waals surface area contributed by atoms with E-state index in [2.05, 4.69) is 5.16 Å². The van der Waals surface area contributed by atoms with Crippen LogP contribution >= 0.6 is 0 Å². The number of carboxylic acid groups (broad SMARTS) is 1. The third-order valence-electron chi connectivity index (χ3n) is 3.65. The van der Waals surface area contributed by atoms with E-state index >= 15 is 0 Å². The second kappa shape index (κ2) is 6.63. The predicted molar refractivity (Wildman–Crippen MR) is 88.1 cm³/mol. The van der Waals surface area contributed by atoms with Crippen molar-refractivity contribution in [2.45, 2.75) is 18.7 Å². The highest BCUT2D eigenvalue weighted by Crippen LogP contribution is 2.36. The number of aromatic carboxylic acids is 1. The van der Waals surface area contributed by atoms with Gasteiger partial charge in [-0.05, 0) is 19.9 Å². The molecule has 0 amide bonds. The lowest BCUT2D eigenvalue weighted by molar-refractivity contribution is 0.0692. The maximum absolute atomic E-state index is 12.9. The summed E-state index contributed by atoms with van der Waals surface area (Å²) >= 11 is 0. The fraction of sp³-hybridized carbons (Fsp3) is 0.333. The van der Waals surface area contributed by atoms with Crippen LogP contribution in [0.15, 0.2) is 21.6 Å². The molecule has 0 aliphatic heterocycles. The van der Waals surface area contributed by atoms with Crippen molar-refractivity contribution in [3.63, 3.8) is 0 Å². The minimum Gasteiger partial charge on any atom is -0.493 e. The Morgan fingerprint density at radius 3 is 2.32 bits per heavy atom. The zero-order valence-electron chi connectivity index (χ0n) is 14.4. The Labute approximate surface area is 144 Å². The number of ether oxygens (including phenoxy) is 2. The van der Waals surface area contributed by atoms with Crippen molar-refractivity contribution in [2.24, 2.45) is 0 Å². The quantitative estimate of drug-likeness (QED) is 0.818. The molecule has 10 heteroatoms. The highest BCUT2D eigenvalue weighted by Gasteiger charge is 2.30. The molecular weight excluding hydrogens is 352 g/mol. The molecule has 1 heterocycles. The van der Waals surface area contributed by atoms with E-state index in [4.69, 9.17) is 14.0 Å². The number of hydrogen-bond acceptors (Lipinski definition) is 7. The van der Waals surface area contributed by atoms with Crippen molar-refractivity contribution >= 4 is 21.7 Å². The molecule has 0 saturated heterocycles. The van der Waals surface area contributed by atoms with Gasteiger partial charge in [-0.2, -0.15) is 0 Å². The zero-order valence-corrected chi connectivity index (χ0v) is 15.2. The van der Waals surface area contributed by atoms with Crippen molar-refractivity contribution in [1.29, 1.82) is 0 Å². The number of rotatable bonds is 6. The van der Waals surface area contributed by atoms with Crippen LogP contribution in [0, 0.1) is 13.8 Å². The summed E-state index contributed by atoms with van der Waals surface area (Å²) in [5, 5.41) is 13.1. The normalized spacial score (nSPS) is 11.2. The molecule has 0 unspecified atom stereocenters. The smallest absolute Gasteiger partial charge is 0.339 e. The third kappa shape index (κ3) is 3.12. The van der Waals surface area contributed by atoms with Crippen molar-refractivity contribution < 1.29 is 32.3 Å². The molecule has 9 nitrogen and oxygen atoms in total. The first-order valence-corrected chi connectivity index (χ1v) is 8.50. The van der Waals surface area contributed by atoms with Crippen LogP contribution in [0.5, 0.6) is 11.5 Å². The monoisotopic (exact) mass is 370 g/mol.